The zero-order chi connectivity index (χ0) is 19.8. The predicted molar refractivity (Wildman–Crippen MR) is 106 cm³/mol. The van der Waals surface area contributed by atoms with Crippen LogP contribution in [0.25, 0.3) is 11.8 Å². The van der Waals surface area contributed by atoms with Gasteiger partial charge >= 0.3 is 5.97 Å². The van der Waals surface area contributed by atoms with Crippen LogP contribution in [0.4, 0.5) is 0 Å². The summed E-state index contributed by atoms with van der Waals surface area (Å²) in [5.41, 5.74) is 2.13. The smallest absolute Gasteiger partial charge is 0.331 e. The lowest BCUT2D eigenvalue weighted by molar-refractivity contribution is -0.144. The molecule has 144 valence electrons. The average molecular weight is 390 g/mol. The van der Waals surface area contributed by atoms with Gasteiger partial charge in [0.25, 0.3) is 5.91 Å². The number of carbonyl (C=O) groups excluding carboxylic acids is 2. The summed E-state index contributed by atoms with van der Waals surface area (Å²) in [6.45, 7) is 5.45. The summed E-state index contributed by atoms with van der Waals surface area (Å²) in [7, 11) is 0. The van der Waals surface area contributed by atoms with E-state index in [1.807, 2.05) is 44.2 Å². The van der Waals surface area contributed by atoms with Crippen molar-refractivity contribution in [3.8, 4) is 5.69 Å². The van der Waals surface area contributed by atoms with Crippen LogP contribution in [0.5, 0.6) is 0 Å². The van der Waals surface area contributed by atoms with E-state index >= 15 is 0 Å². The molecule has 0 aliphatic rings. The van der Waals surface area contributed by atoms with Crippen molar-refractivity contribution >= 4 is 29.6 Å². The number of benzene rings is 1. The molecule has 2 rings (SSSR count). The van der Waals surface area contributed by atoms with Crippen LogP contribution in [0.1, 0.15) is 37.9 Å². The van der Waals surface area contributed by atoms with Crippen molar-refractivity contribution < 1.29 is 14.3 Å². The zero-order valence-corrected chi connectivity index (χ0v) is 16.5. The van der Waals surface area contributed by atoms with E-state index in [0.717, 1.165) is 18.5 Å². The Balaban J connectivity index is 1.97. The number of hydrogen-bond acceptors (Lipinski definition) is 4. The van der Waals surface area contributed by atoms with E-state index in [2.05, 4.69) is 10.4 Å². The van der Waals surface area contributed by atoms with Gasteiger partial charge in [0.2, 0.25) is 0 Å². The first kappa shape index (κ1) is 20.7. The Kier molecular flexibility index (Phi) is 7.61. The highest BCUT2D eigenvalue weighted by Gasteiger charge is 2.13. The largest absolute Gasteiger partial charge is 0.452 e. The van der Waals surface area contributed by atoms with Gasteiger partial charge in [0.15, 0.2) is 6.61 Å². The third-order valence-electron chi connectivity index (χ3n) is 3.91. The number of ether oxygens (including phenoxy) is 1. The first-order valence-electron chi connectivity index (χ1n) is 8.87. The van der Waals surface area contributed by atoms with Crippen LogP contribution < -0.4 is 5.32 Å². The normalized spacial score (nSPS) is 12.1. The minimum absolute atomic E-state index is 0.0574. The average Bonchev–Trinajstić information content (AvgIpc) is 2.93. The maximum Gasteiger partial charge on any atom is 0.331 e. The molecule has 7 heteroatoms. The quantitative estimate of drug-likeness (QED) is 0.552. The summed E-state index contributed by atoms with van der Waals surface area (Å²) in [5.74, 6) is -0.931. The Morgan fingerprint density at radius 3 is 2.70 bits per heavy atom. The third-order valence-corrected chi connectivity index (χ3v) is 4.27. The molecular weight excluding hydrogens is 366 g/mol. The summed E-state index contributed by atoms with van der Waals surface area (Å²) in [5, 5.41) is 7.57. The van der Waals surface area contributed by atoms with Crippen molar-refractivity contribution in [1.29, 1.82) is 0 Å². The Bertz CT molecular complexity index is 815. The molecule has 0 saturated carbocycles. The molecule has 1 aromatic heterocycles. The number of para-hydroxylation sites is 1. The van der Waals surface area contributed by atoms with E-state index in [9.17, 15) is 9.59 Å². The second-order valence-electron chi connectivity index (χ2n) is 6.24. The molecule has 0 aliphatic carbocycles. The van der Waals surface area contributed by atoms with Crippen molar-refractivity contribution in [2.24, 2.45) is 0 Å². The number of rotatable bonds is 8. The molecule has 6 nitrogen and oxygen atoms in total. The number of nitrogens with one attached hydrogen (secondary N) is 1. The maximum atomic E-state index is 11.9. The standard InChI is InChI=1S/C20H24ClN3O3/c1-4-8-14(2)22-18(25)13-27-19(26)12-11-17-15(3)23-24(20(17)21)16-9-6-5-7-10-16/h5-7,9-12,14H,4,8,13H2,1-3H3,(H,22,25)/b12-11+/t14-/m0/s1. The lowest BCUT2D eigenvalue weighted by Crippen LogP contribution is -2.35. The van der Waals surface area contributed by atoms with Gasteiger partial charge in [-0.3, -0.25) is 4.79 Å². The summed E-state index contributed by atoms with van der Waals surface area (Å²) in [4.78, 5) is 23.6. The lowest BCUT2D eigenvalue weighted by Gasteiger charge is -2.12. The van der Waals surface area contributed by atoms with Gasteiger partial charge in [-0.15, -0.1) is 0 Å². The molecule has 2 aromatic rings. The third kappa shape index (κ3) is 5.96. The second kappa shape index (κ2) is 9.92. The van der Waals surface area contributed by atoms with Crippen LogP contribution in [0, 0.1) is 6.92 Å². The molecule has 1 atom stereocenters. The number of aryl methyl sites for hydroxylation is 1. The van der Waals surface area contributed by atoms with Gasteiger partial charge in [0.1, 0.15) is 5.15 Å². The molecule has 1 amide bonds. The van der Waals surface area contributed by atoms with Gasteiger partial charge in [0, 0.05) is 17.7 Å². The molecule has 1 aromatic carbocycles. The van der Waals surface area contributed by atoms with Gasteiger partial charge in [-0.05, 0) is 38.5 Å². The number of halogens is 1. The summed E-state index contributed by atoms with van der Waals surface area (Å²) in [6, 6.07) is 9.52. The molecule has 0 unspecified atom stereocenters. The van der Waals surface area contributed by atoms with Crippen molar-refractivity contribution in [3.05, 3.63) is 52.8 Å². The molecule has 0 radical (unpaired) electrons. The maximum absolute atomic E-state index is 11.9. The number of nitrogens with zero attached hydrogens (tertiary/aromatic N) is 2. The highest BCUT2D eigenvalue weighted by Crippen LogP contribution is 2.24. The molecule has 0 spiro atoms. The molecule has 1 N–H and O–H groups in total. The monoisotopic (exact) mass is 389 g/mol. The van der Waals surface area contributed by atoms with Crippen molar-refractivity contribution in [2.75, 3.05) is 6.61 Å². The molecule has 0 bridgehead atoms. The Morgan fingerprint density at radius 1 is 1.33 bits per heavy atom. The molecule has 0 aliphatic heterocycles. The molecule has 0 saturated heterocycles. The fourth-order valence-corrected chi connectivity index (χ4v) is 2.93. The van der Waals surface area contributed by atoms with Gasteiger partial charge in [0.05, 0.1) is 11.4 Å². The Labute approximate surface area is 164 Å². The highest BCUT2D eigenvalue weighted by molar-refractivity contribution is 6.31. The Hall–Kier alpha value is -2.60. The first-order valence-corrected chi connectivity index (χ1v) is 9.25. The molecular formula is C20H24ClN3O3. The molecule has 1 heterocycles. The van der Waals surface area contributed by atoms with Crippen molar-refractivity contribution in [2.45, 2.75) is 39.7 Å². The van der Waals surface area contributed by atoms with Gasteiger partial charge < -0.3 is 10.1 Å². The van der Waals surface area contributed by atoms with Gasteiger partial charge in [-0.25, -0.2) is 9.48 Å². The minimum atomic E-state index is -0.615. The number of esters is 1. The lowest BCUT2D eigenvalue weighted by atomic mass is 10.2. The number of hydrogen-bond donors (Lipinski definition) is 1. The van der Waals surface area contributed by atoms with Crippen LogP contribution in [0.2, 0.25) is 5.15 Å². The van der Waals surface area contributed by atoms with E-state index in [-0.39, 0.29) is 18.6 Å². The topological polar surface area (TPSA) is 73.2 Å². The Morgan fingerprint density at radius 2 is 2.04 bits per heavy atom. The molecule has 0 fully saturated rings. The summed E-state index contributed by atoms with van der Waals surface area (Å²) in [6.07, 6.45) is 4.64. The number of amides is 1. The SMILES string of the molecule is CCC[C@H](C)NC(=O)COC(=O)/C=C/c1c(C)nn(-c2ccccc2)c1Cl. The number of aromatic nitrogens is 2. The van der Waals surface area contributed by atoms with Gasteiger partial charge in [-0.2, -0.15) is 5.10 Å². The van der Waals surface area contributed by atoms with Crippen LogP contribution >= 0.6 is 11.6 Å². The summed E-state index contributed by atoms with van der Waals surface area (Å²) < 4.78 is 6.57. The van der Waals surface area contributed by atoms with Crippen molar-refractivity contribution in [1.82, 2.24) is 15.1 Å². The van der Waals surface area contributed by atoms with Crippen LogP contribution in [0.3, 0.4) is 0 Å². The van der Waals surface area contributed by atoms with E-state index in [4.69, 9.17) is 16.3 Å². The highest BCUT2D eigenvalue weighted by atomic mass is 35.5. The fourth-order valence-electron chi connectivity index (χ4n) is 2.60. The predicted octanol–water partition coefficient (Wildman–Crippen LogP) is 3.70. The second-order valence-corrected chi connectivity index (χ2v) is 6.59. The zero-order valence-electron chi connectivity index (χ0n) is 15.7. The van der Waals surface area contributed by atoms with Crippen LogP contribution in [0.15, 0.2) is 36.4 Å². The van der Waals surface area contributed by atoms with E-state index < -0.39 is 5.97 Å². The fraction of sp³-hybridized carbons (Fsp3) is 0.350. The van der Waals surface area contributed by atoms with Gasteiger partial charge in [-0.1, -0.05) is 43.1 Å². The first-order chi connectivity index (χ1) is 12.9. The summed E-state index contributed by atoms with van der Waals surface area (Å²) >= 11 is 6.40. The van der Waals surface area contributed by atoms with E-state index in [0.29, 0.717) is 16.4 Å². The minimum Gasteiger partial charge on any atom is -0.452 e. The number of carbonyl (C=O) groups is 2. The molecule has 27 heavy (non-hydrogen) atoms. The van der Waals surface area contributed by atoms with E-state index in [1.165, 1.54) is 6.08 Å². The van der Waals surface area contributed by atoms with E-state index in [1.54, 1.807) is 17.7 Å². The van der Waals surface area contributed by atoms with Crippen LogP contribution in [-0.2, 0) is 14.3 Å². The van der Waals surface area contributed by atoms with Crippen LogP contribution in [-0.4, -0.2) is 34.3 Å². The van der Waals surface area contributed by atoms with Crippen molar-refractivity contribution in [3.63, 3.8) is 0 Å².